The first-order valence-corrected chi connectivity index (χ1v) is 13.1. The quantitative estimate of drug-likeness (QED) is 0.259. The van der Waals surface area contributed by atoms with Crippen molar-refractivity contribution < 1.29 is 0 Å². The highest BCUT2D eigenvalue weighted by Gasteiger charge is 2.20. The van der Waals surface area contributed by atoms with Crippen molar-refractivity contribution in [3.63, 3.8) is 0 Å². The van der Waals surface area contributed by atoms with Crippen molar-refractivity contribution in [1.29, 1.82) is 0 Å². The van der Waals surface area contributed by atoms with Gasteiger partial charge in [-0.05, 0) is 62.0 Å². The first kappa shape index (κ1) is 23.5. The maximum Gasteiger partial charge on any atom is 0.113 e. The van der Waals surface area contributed by atoms with E-state index < -0.39 is 0 Å². The average Bonchev–Trinajstić information content (AvgIpc) is 3.33. The maximum absolute atomic E-state index is 6.58. The Morgan fingerprint density at radius 3 is 1.39 bits per heavy atom. The Morgan fingerprint density at radius 2 is 0.816 bits per heavy atom. The molecule has 1 heterocycles. The van der Waals surface area contributed by atoms with Crippen molar-refractivity contribution in [2.75, 3.05) is 0 Å². The molecule has 10 radical (unpaired) electrons. The smallest absolute Gasteiger partial charge is 0.113 e. The molecule has 6 aromatic carbocycles. The predicted octanol–water partition coefficient (Wildman–Crippen LogP) is 3.66. The lowest BCUT2D eigenvalue weighted by Gasteiger charge is -2.25. The number of benzene rings is 6. The van der Waals surface area contributed by atoms with Crippen molar-refractivity contribution in [1.82, 2.24) is 0 Å². The van der Waals surface area contributed by atoms with E-state index in [1.165, 1.54) is 20.2 Å². The summed E-state index contributed by atoms with van der Waals surface area (Å²) in [5, 5.41) is 6.73. The van der Waals surface area contributed by atoms with Gasteiger partial charge in [-0.25, -0.2) is 0 Å². The highest BCUT2D eigenvalue weighted by Crippen LogP contribution is 2.44. The first-order chi connectivity index (χ1) is 18.5. The molecule has 0 aliphatic heterocycles. The molecular weight excluding hydrogens is 470 g/mol. The van der Waals surface area contributed by atoms with Gasteiger partial charge in [0.25, 0.3) is 0 Å². The van der Waals surface area contributed by atoms with Crippen molar-refractivity contribution in [3.8, 4) is 22.3 Å². The van der Waals surface area contributed by atoms with Gasteiger partial charge in [-0.15, -0.1) is 27.7 Å². The molecule has 0 amide bonds. The molecule has 0 saturated heterocycles. The van der Waals surface area contributed by atoms with Gasteiger partial charge in [0.2, 0.25) is 0 Å². The minimum absolute atomic E-state index is 0.213. The molecular formula is C32H15B5S. The fraction of sp³-hybridized carbons (Fsp3) is 0. The molecule has 164 valence electrons. The zero-order valence-electron chi connectivity index (χ0n) is 20.5. The van der Waals surface area contributed by atoms with Crippen LogP contribution in [0.1, 0.15) is 0 Å². The van der Waals surface area contributed by atoms with Crippen LogP contribution in [-0.2, 0) is 0 Å². The molecule has 1 aromatic heterocycles. The summed E-state index contributed by atoms with van der Waals surface area (Å²) in [7, 11) is 31.9. The first-order valence-electron chi connectivity index (χ1n) is 12.3. The van der Waals surface area contributed by atoms with Gasteiger partial charge in [-0.3, -0.25) is 0 Å². The Bertz CT molecular complexity index is 2000. The molecule has 0 atom stereocenters. The van der Waals surface area contributed by atoms with Gasteiger partial charge in [-0.2, -0.15) is 0 Å². The van der Waals surface area contributed by atoms with Crippen LogP contribution in [0.3, 0.4) is 0 Å². The van der Waals surface area contributed by atoms with Crippen LogP contribution in [0.2, 0.25) is 0 Å². The topological polar surface area (TPSA) is 0 Å². The molecule has 0 bridgehead atoms. The fourth-order valence-corrected chi connectivity index (χ4v) is 6.80. The third kappa shape index (κ3) is 3.30. The monoisotopic (exact) mass is 486 g/mol. The second-order valence-electron chi connectivity index (χ2n) is 9.59. The fourth-order valence-electron chi connectivity index (χ4n) is 5.71. The van der Waals surface area contributed by atoms with Crippen molar-refractivity contribution >= 4 is 120 Å². The summed E-state index contributed by atoms with van der Waals surface area (Å²) in [5.74, 6) is 0. The van der Waals surface area contributed by atoms with Gasteiger partial charge >= 0.3 is 0 Å². The molecule has 0 saturated carbocycles. The van der Waals surface area contributed by atoms with E-state index >= 15 is 0 Å². The minimum atomic E-state index is 0.213. The number of hydrogen-bond acceptors (Lipinski definition) is 1. The second kappa shape index (κ2) is 8.71. The summed E-state index contributed by atoms with van der Waals surface area (Å²) < 4.78 is 2.56. The zero-order valence-corrected chi connectivity index (χ0v) is 21.3. The lowest BCUT2D eigenvalue weighted by Crippen LogP contribution is -2.55. The molecule has 7 rings (SSSR count). The summed E-state index contributed by atoms with van der Waals surface area (Å²) in [5.41, 5.74) is 5.21. The molecule has 0 spiro atoms. The SMILES string of the molecule is [B]c1c([B])c([B])c(-c2c3ccccc3c(-c3ccc4sc5ccccc5c4c3)c3ccccc23)c([B])c1[B]. The van der Waals surface area contributed by atoms with Crippen LogP contribution in [0.5, 0.6) is 0 Å². The number of thiophene rings is 1. The largest absolute Gasteiger partial charge is 0.135 e. The standard InChI is InChI=1S/C32H15B5S/c33-28-27(29(34)31(36)32(37)30(28)35)26-20-10-3-1-8-18(20)25(19-9-2-4-11-21(19)26)16-13-14-24-22(15-16)17-7-5-6-12-23(17)38-24/h1-15H. The Balaban J connectivity index is 1.64. The van der Waals surface area contributed by atoms with Gasteiger partial charge in [-0.1, -0.05) is 83.7 Å². The van der Waals surface area contributed by atoms with E-state index in [4.69, 9.17) is 39.2 Å². The minimum Gasteiger partial charge on any atom is -0.135 e. The van der Waals surface area contributed by atoms with Crippen LogP contribution in [0.25, 0.3) is 64.0 Å². The molecule has 0 aliphatic rings. The molecule has 0 unspecified atom stereocenters. The Morgan fingerprint density at radius 1 is 0.368 bits per heavy atom. The van der Waals surface area contributed by atoms with E-state index in [9.17, 15) is 0 Å². The summed E-state index contributed by atoms with van der Waals surface area (Å²) >= 11 is 1.82. The summed E-state index contributed by atoms with van der Waals surface area (Å²) in [6, 6.07) is 32.0. The lowest BCUT2D eigenvalue weighted by molar-refractivity contribution is 1.71. The summed E-state index contributed by atoms with van der Waals surface area (Å²) in [6.45, 7) is 0. The summed E-state index contributed by atoms with van der Waals surface area (Å²) in [6.07, 6.45) is 0. The molecule has 0 N–H and O–H groups in total. The lowest BCUT2D eigenvalue weighted by atomic mass is 9.59. The van der Waals surface area contributed by atoms with E-state index in [2.05, 4.69) is 78.9 Å². The van der Waals surface area contributed by atoms with Crippen molar-refractivity contribution in [3.05, 3.63) is 91.0 Å². The van der Waals surface area contributed by atoms with E-state index in [1.54, 1.807) is 0 Å². The molecule has 0 nitrogen and oxygen atoms in total. The van der Waals surface area contributed by atoms with Crippen molar-refractivity contribution in [2.45, 2.75) is 0 Å². The van der Waals surface area contributed by atoms with Gasteiger partial charge in [0.05, 0.1) is 0 Å². The van der Waals surface area contributed by atoms with Gasteiger partial charge < -0.3 is 0 Å². The summed E-state index contributed by atoms with van der Waals surface area (Å²) in [4.78, 5) is 0. The van der Waals surface area contributed by atoms with E-state index in [0.717, 1.165) is 38.2 Å². The van der Waals surface area contributed by atoms with E-state index in [0.29, 0.717) is 16.5 Å². The van der Waals surface area contributed by atoms with Crippen molar-refractivity contribution in [2.24, 2.45) is 0 Å². The van der Waals surface area contributed by atoms with Crippen LogP contribution >= 0.6 is 11.3 Å². The molecule has 6 heteroatoms. The second-order valence-corrected chi connectivity index (χ2v) is 10.7. The van der Waals surface area contributed by atoms with Crippen LogP contribution < -0.4 is 27.3 Å². The van der Waals surface area contributed by atoms with Crippen LogP contribution in [0.4, 0.5) is 0 Å². The normalized spacial score (nSPS) is 11.7. The molecule has 7 aromatic rings. The molecule has 0 fully saturated rings. The highest BCUT2D eigenvalue weighted by molar-refractivity contribution is 7.25. The van der Waals surface area contributed by atoms with E-state index in [-0.39, 0.29) is 16.4 Å². The Kier molecular flexibility index (Phi) is 5.39. The predicted molar refractivity (Wildman–Crippen MR) is 172 cm³/mol. The molecule has 0 aliphatic carbocycles. The Labute approximate surface area is 232 Å². The number of fused-ring (bicyclic) bond motifs is 5. The zero-order chi connectivity index (χ0) is 26.1. The van der Waals surface area contributed by atoms with Crippen LogP contribution in [0.15, 0.2) is 91.0 Å². The van der Waals surface area contributed by atoms with Crippen LogP contribution in [0, 0.1) is 0 Å². The highest BCUT2D eigenvalue weighted by atomic mass is 32.1. The van der Waals surface area contributed by atoms with Crippen LogP contribution in [-0.4, -0.2) is 39.2 Å². The number of rotatable bonds is 2. The van der Waals surface area contributed by atoms with Gasteiger partial charge in [0, 0.05) is 20.2 Å². The van der Waals surface area contributed by atoms with E-state index in [1.807, 2.05) is 23.5 Å². The molecule has 38 heavy (non-hydrogen) atoms. The maximum atomic E-state index is 6.58. The third-order valence-corrected chi connectivity index (χ3v) is 8.70. The number of hydrogen-bond donors (Lipinski definition) is 0. The van der Waals surface area contributed by atoms with Gasteiger partial charge in [0.1, 0.15) is 39.2 Å². The Hall–Kier alpha value is -3.62. The van der Waals surface area contributed by atoms with Gasteiger partial charge in [0.15, 0.2) is 0 Å². The third-order valence-electron chi connectivity index (χ3n) is 7.55. The average molecular weight is 486 g/mol.